The highest BCUT2D eigenvalue weighted by atomic mass is 16.3. The van der Waals surface area contributed by atoms with Crippen molar-refractivity contribution in [2.45, 2.75) is 31.3 Å². The van der Waals surface area contributed by atoms with E-state index in [1.807, 2.05) is 0 Å². The average molecular weight is 170 g/mol. The highest BCUT2D eigenvalue weighted by Gasteiger charge is 2.28. The van der Waals surface area contributed by atoms with Gasteiger partial charge in [-0.1, -0.05) is 6.42 Å². The number of nitrogens with one attached hydrogen (secondary N) is 1. The van der Waals surface area contributed by atoms with E-state index in [-0.39, 0.29) is 6.61 Å². The SMILES string of the molecule is OCC1CN2CCCCC2CN1. The Kier molecular flexibility index (Phi) is 2.63. The lowest BCUT2D eigenvalue weighted by Crippen LogP contribution is -2.58. The molecule has 2 atom stereocenters. The van der Waals surface area contributed by atoms with Crippen molar-refractivity contribution in [1.29, 1.82) is 0 Å². The summed E-state index contributed by atoms with van der Waals surface area (Å²) in [5.41, 5.74) is 0. The molecule has 0 radical (unpaired) electrons. The summed E-state index contributed by atoms with van der Waals surface area (Å²) in [5.74, 6) is 0. The molecule has 0 aromatic rings. The van der Waals surface area contributed by atoms with Gasteiger partial charge in [0.15, 0.2) is 0 Å². The summed E-state index contributed by atoms with van der Waals surface area (Å²) in [6.07, 6.45) is 4.06. The van der Waals surface area contributed by atoms with E-state index < -0.39 is 0 Å². The van der Waals surface area contributed by atoms with Crippen LogP contribution in [0.2, 0.25) is 0 Å². The minimum Gasteiger partial charge on any atom is -0.395 e. The zero-order valence-corrected chi connectivity index (χ0v) is 7.50. The van der Waals surface area contributed by atoms with Gasteiger partial charge in [0.1, 0.15) is 0 Å². The van der Waals surface area contributed by atoms with Gasteiger partial charge in [-0.2, -0.15) is 0 Å². The van der Waals surface area contributed by atoms with Gasteiger partial charge in [0.25, 0.3) is 0 Å². The molecule has 2 saturated heterocycles. The Morgan fingerprint density at radius 1 is 1.42 bits per heavy atom. The number of piperazine rings is 1. The molecule has 0 aromatic carbocycles. The number of aliphatic hydroxyl groups is 1. The molecule has 0 aliphatic carbocycles. The third kappa shape index (κ3) is 1.63. The van der Waals surface area contributed by atoms with Crippen molar-refractivity contribution in [2.24, 2.45) is 0 Å². The van der Waals surface area contributed by atoms with Gasteiger partial charge in [-0.15, -0.1) is 0 Å². The van der Waals surface area contributed by atoms with Crippen LogP contribution < -0.4 is 5.32 Å². The molecular weight excluding hydrogens is 152 g/mol. The van der Waals surface area contributed by atoms with Crippen LogP contribution in [0, 0.1) is 0 Å². The third-order valence-electron chi connectivity index (χ3n) is 3.07. The van der Waals surface area contributed by atoms with E-state index in [4.69, 9.17) is 5.11 Å². The maximum Gasteiger partial charge on any atom is 0.0597 e. The number of aliphatic hydroxyl groups excluding tert-OH is 1. The van der Waals surface area contributed by atoms with Gasteiger partial charge in [0.05, 0.1) is 6.61 Å². The molecule has 0 bridgehead atoms. The van der Waals surface area contributed by atoms with Crippen molar-refractivity contribution in [2.75, 3.05) is 26.2 Å². The van der Waals surface area contributed by atoms with Crippen molar-refractivity contribution in [3.63, 3.8) is 0 Å². The number of fused-ring (bicyclic) bond motifs is 1. The molecule has 70 valence electrons. The highest BCUT2D eigenvalue weighted by Crippen LogP contribution is 2.19. The van der Waals surface area contributed by atoms with Gasteiger partial charge in [-0.25, -0.2) is 0 Å². The molecule has 2 aliphatic heterocycles. The molecule has 2 aliphatic rings. The van der Waals surface area contributed by atoms with Crippen molar-refractivity contribution in [1.82, 2.24) is 10.2 Å². The second-order valence-electron chi connectivity index (χ2n) is 3.93. The fourth-order valence-corrected chi connectivity index (χ4v) is 2.30. The smallest absolute Gasteiger partial charge is 0.0597 e. The lowest BCUT2D eigenvalue weighted by atomic mass is 9.98. The summed E-state index contributed by atoms with van der Waals surface area (Å²) in [5, 5.41) is 12.4. The minimum atomic E-state index is 0.281. The second kappa shape index (κ2) is 3.73. The molecule has 2 fully saturated rings. The van der Waals surface area contributed by atoms with Crippen LogP contribution in [-0.4, -0.2) is 48.3 Å². The number of piperidine rings is 1. The van der Waals surface area contributed by atoms with E-state index >= 15 is 0 Å². The van der Waals surface area contributed by atoms with E-state index in [2.05, 4.69) is 10.2 Å². The Labute approximate surface area is 73.8 Å². The lowest BCUT2D eigenvalue weighted by molar-refractivity contribution is 0.0746. The van der Waals surface area contributed by atoms with E-state index in [9.17, 15) is 0 Å². The number of hydrogen-bond donors (Lipinski definition) is 2. The van der Waals surface area contributed by atoms with Gasteiger partial charge >= 0.3 is 0 Å². The quantitative estimate of drug-likeness (QED) is 0.572. The highest BCUT2D eigenvalue weighted by molar-refractivity contribution is 4.87. The molecule has 0 saturated carbocycles. The molecular formula is C9H18N2O. The first-order chi connectivity index (χ1) is 5.90. The molecule has 3 nitrogen and oxygen atoms in total. The summed E-state index contributed by atoms with van der Waals surface area (Å²) in [6.45, 7) is 3.64. The average Bonchev–Trinajstić information content (AvgIpc) is 2.17. The molecule has 3 heteroatoms. The van der Waals surface area contributed by atoms with Gasteiger partial charge in [-0.3, -0.25) is 4.90 Å². The number of hydrogen-bond acceptors (Lipinski definition) is 3. The zero-order chi connectivity index (χ0) is 8.39. The van der Waals surface area contributed by atoms with Crippen LogP contribution in [0.4, 0.5) is 0 Å². The number of nitrogens with zero attached hydrogens (tertiary/aromatic N) is 1. The van der Waals surface area contributed by atoms with Crippen molar-refractivity contribution >= 4 is 0 Å². The van der Waals surface area contributed by atoms with E-state index in [0.717, 1.165) is 19.1 Å². The van der Waals surface area contributed by atoms with Crippen molar-refractivity contribution in [3.8, 4) is 0 Å². The summed E-state index contributed by atoms with van der Waals surface area (Å²) in [6, 6.07) is 1.07. The van der Waals surface area contributed by atoms with Crippen molar-refractivity contribution in [3.05, 3.63) is 0 Å². The van der Waals surface area contributed by atoms with Gasteiger partial charge in [0, 0.05) is 25.2 Å². The molecule has 12 heavy (non-hydrogen) atoms. The first kappa shape index (κ1) is 8.48. The fraction of sp³-hybridized carbons (Fsp3) is 1.00. The van der Waals surface area contributed by atoms with Gasteiger partial charge in [-0.05, 0) is 19.4 Å². The monoisotopic (exact) mass is 170 g/mol. The molecule has 2 rings (SSSR count). The summed E-state index contributed by atoms with van der Waals surface area (Å²) < 4.78 is 0. The van der Waals surface area contributed by atoms with Gasteiger partial charge in [0.2, 0.25) is 0 Å². The number of rotatable bonds is 1. The van der Waals surface area contributed by atoms with Crippen LogP contribution in [0.3, 0.4) is 0 Å². The van der Waals surface area contributed by atoms with Crippen LogP contribution >= 0.6 is 0 Å². The predicted molar refractivity (Wildman–Crippen MR) is 48.1 cm³/mol. The first-order valence-electron chi connectivity index (χ1n) is 4.98. The first-order valence-corrected chi connectivity index (χ1v) is 4.98. The van der Waals surface area contributed by atoms with Gasteiger partial charge < -0.3 is 10.4 Å². The molecule has 2 N–H and O–H groups in total. The standard InChI is InChI=1S/C9H18N2O/c12-7-8-6-11-4-2-1-3-9(11)5-10-8/h8-10,12H,1-7H2. The predicted octanol–water partition coefficient (Wildman–Crippen LogP) is -0.195. The Bertz CT molecular complexity index is 151. The lowest BCUT2D eigenvalue weighted by Gasteiger charge is -2.42. The van der Waals surface area contributed by atoms with Crippen LogP contribution in [0.25, 0.3) is 0 Å². The maximum atomic E-state index is 8.99. The molecule has 0 spiro atoms. The Morgan fingerprint density at radius 3 is 3.17 bits per heavy atom. The zero-order valence-electron chi connectivity index (χ0n) is 7.50. The van der Waals surface area contributed by atoms with Crippen LogP contribution in [0.15, 0.2) is 0 Å². The fourth-order valence-electron chi connectivity index (χ4n) is 2.30. The minimum absolute atomic E-state index is 0.281. The third-order valence-corrected chi connectivity index (χ3v) is 3.07. The Balaban J connectivity index is 1.90. The van der Waals surface area contributed by atoms with Crippen LogP contribution in [0.5, 0.6) is 0 Å². The normalized spacial score (nSPS) is 37.8. The molecule has 2 heterocycles. The molecule has 0 amide bonds. The largest absolute Gasteiger partial charge is 0.395 e. The maximum absolute atomic E-state index is 8.99. The summed E-state index contributed by atoms with van der Waals surface area (Å²) in [4.78, 5) is 2.53. The topological polar surface area (TPSA) is 35.5 Å². The Morgan fingerprint density at radius 2 is 2.33 bits per heavy atom. The van der Waals surface area contributed by atoms with Crippen LogP contribution in [0.1, 0.15) is 19.3 Å². The van der Waals surface area contributed by atoms with Crippen LogP contribution in [-0.2, 0) is 0 Å². The van der Waals surface area contributed by atoms with E-state index in [0.29, 0.717) is 6.04 Å². The molecule has 2 unspecified atom stereocenters. The summed E-state index contributed by atoms with van der Waals surface area (Å²) >= 11 is 0. The summed E-state index contributed by atoms with van der Waals surface area (Å²) in [7, 11) is 0. The molecule has 0 aromatic heterocycles. The van der Waals surface area contributed by atoms with Crippen molar-refractivity contribution < 1.29 is 5.11 Å². The van der Waals surface area contributed by atoms with E-state index in [1.165, 1.54) is 25.8 Å². The second-order valence-corrected chi connectivity index (χ2v) is 3.93. The Hall–Kier alpha value is -0.120. The van der Waals surface area contributed by atoms with E-state index in [1.54, 1.807) is 0 Å².